The van der Waals surface area contributed by atoms with Crippen LogP contribution in [0.4, 0.5) is 0 Å². The number of nitrogens with zero attached hydrogens (tertiary/aromatic N) is 1. The fourth-order valence-corrected chi connectivity index (χ4v) is 2.42. The number of hydrogen-bond acceptors (Lipinski definition) is 4. The Morgan fingerprint density at radius 3 is 2.64 bits per heavy atom. The molecule has 0 fully saturated rings. The van der Waals surface area contributed by atoms with Crippen molar-refractivity contribution in [2.45, 2.75) is 4.90 Å². The molecule has 0 saturated carbocycles. The average Bonchev–Trinajstić information content (AvgIpc) is 2.07. The summed E-state index contributed by atoms with van der Waals surface area (Å²) in [4.78, 5) is 0.209. The summed E-state index contributed by atoms with van der Waals surface area (Å²) < 4.78 is 23.4. The minimum absolute atomic E-state index is 0.209. The first-order valence-corrected chi connectivity index (χ1v) is 6.36. The Morgan fingerprint density at radius 2 is 2.14 bits per heavy atom. The van der Waals surface area contributed by atoms with Gasteiger partial charge in [0.25, 0.3) is 0 Å². The Balaban J connectivity index is 3.45. The molecule has 0 heterocycles. The van der Waals surface area contributed by atoms with Crippen LogP contribution in [0.2, 0.25) is 0 Å². The first-order valence-electron chi connectivity index (χ1n) is 3.68. The summed E-state index contributed by atoms with van der Waals surface area (Å²) >= 11 is 3.20. The highest BCUT2D eigenvalue weighted by molar-refractivity contribution is 9.10. The highest BCUT2D eigenvalue weighted by Crippen LogP contribution is 2.19. The van der Waals surface area contributed by atoms with E-state index in [0.29, 0.717) is 10.0 Å². The van der Waals surface area contributed by atoms with Gasteiger partial charge in [-0.3, -0.25) is 0 Å². The lowest BCUT2D eigenvalue weighted by molar-refractivity contribution is 0.601. The maximum Gasteiger partial charge on any atom is 0.176 e. The van der Waals surface area contributed by atoms with E-state index in [0.717, 1.165) is 6.26 Å². The fourth-order valence-electron chi connectivity index (χ4n) is 1.02. The third-order valence-electron chi connectivity index (χ3n) is 1.59. The molecule has 0 amide bonds. The maximum atomic E-state index is 11.4. The quantitative estimate of drug-likeness (QED) is 0.500. The molecule has 0 saturated heterocycles. The Labute approximate surface area is 90.9 Å². The van der Waals surface area contributed by atoms with E-state index in [1.807, 2.05) is 0 Å². The van der Waals surface area contributed by atoms with Crippen molar-refractivity contribution < 1.29 is 8.42 Å². The summed E-state index contributed by atoms with van der Waals surface area (Å²) in [6.07, 6.45) is 2.45. The first-order chi connectivity index (χ1) is 6.45. The predicted molar refractivity (Wildman–Crippen MR) is 59.0 cm³/mol. The Bertz CT molecular complexity index is 468. The number of sulfone groups is 1. The molecule has 14 heavy (non-hydrogen) atoms. The molecule has 4 nitrogen and oxygen atoms in total. The molecule has 0 aliphatic carbocycles. The van der Waals surface area contributed by atoms with Crippen molar-refractivity contribution in [2.75, 3.05) is 6.26 Å². The van der Waals surface area contributed by atoms with Crippen LogP contribution in [0.25, 0.3) is 0 Å². The molecule has 0 bridgehead atoms. The number of hydrogen-bond donors (Lipinski definition) is 1. The van der Waals surface area contributed by atoms with Crippen LogP contribution in [0, 0.1) is 0 Å². The van der Waals surface area contributed by atoms with E-state index in [2.05, 4.69) is 21.0 Å². The lowest BCUT2D eigenvalue weighted by Gasteiger charge is -2.03. The van der Waals surface area contributed by atoms with Gasteiger partial charge in [-0.05, 0) is 12.1 Å². The normalized spacial score (nSPS) is 12.1. The van der Waals surface area contributed by atoms with Crippen LogP contribution < -0.4 is 5.84 Å². The van der Waals surface area contributed by atoms with Crippen molar-refractivity contribution in [3.63, 3.8) is 0 Å². The van der Waals surface area contributed by atoms with Gasteiger partial charge in [0.2, 0.25) is 0 Å². The molecule has 6 heteroatoms. The molecule has 0 radical (unpaired) electrons. The van der Waals surface area contributed by atoms with E-state index in [9.17, 15) is 8.42 Å². The Hall–Kier alpha value is -0.880. The van der Waals surface area contributed by atoms with E-state index in [4.69, 9.17) is 5.84 Å². The maximum absolute atomic E-state index is 11.4. The van der Waals surface area contributed by atoms with Gasteiger partial charge in [0, 0.05) is 16.3 Å². The van der Waals surface area contributed by atoms with Crippen LogP contribution in [0.5, 0.6) is 0 Å². The summed E-state index contributed by atoms with van der Waals surface area (Å²) in [5, 5.41) is 3.31. The first kappa shape index (κ1) is 11.2. The van der Waals surface area contributed by atoms with Gasteiger partial charge in [0.15, 0.2) is 9.84 Å². The molecule has 1 rings (SSSR count). The van der Waals surface area contributed by atoms with E-state index >= 15 is 0 Å². The monoisotopic (exact) mass is 276 g/mol. The van der Waals surface area contributed by atoms with Crippen LogP contribution in [0.15, 0.2) is 32.7 Å². The number of hydrazone groups is 1. The molecule has 0 aromatic heterocycles. The van der Waals surface area contributed by atoms with Gasteiger partial charge in [-0.1, -0.05) is 22.0 Å². The minimum Gasteiger partial charge on any atom is -0.323 e. The second-order valence-corrected chi connectivity index (χ2v) is 5.63. The van der Waals surface area contributed by atoms with Crippen molar-refractivity contribution in [3.05, 3.63) is 28.2 Å². The standard InChI is InChI=1S/C8H9BrN2O2S/c1-14(12,13)8-4-7(9)3-2-6(8)5-11-10/h2-5H,10H2,1H3. The third kappa shape index (κ3) is 2.55. The van der Waals surface area contributed by atoms with Crippen LogP contribution in [-0.4, -0.2) is 20.9 Å². The van der Waals surface area contributed by atoms with Gasteiger partial charge < -0.3 is 5.84 Å². The second-order valence-electron chi connectivity index (χ2n) is 2.73. The van der Waals surface area contributed by atoms with Gasteiger partial charge >= 0.3 is 0 Å². The molecule has 0 aliphatic heterocycles. The zero-order valence-corrected chi connectivity index (χ0v) is 9.84. The van der Waals surface area contributed by atoms with Crippen molar-refractivity contribution in [1.29, 1.82) is 0 Å². The molecular formula is C8H9BrN2O2S. The zero-order valence-electron chi connectivity index (χ0n) is 7.44. The van der Waals surface area contributed by atoms with E-state index < -0.39 is 9.84 Å². The molecule has 2 N–H and O–H groups in total. The summed E-state index contributed by atoms with van der Waals surface area (Å²) in [5.74, 6) is 4.97. The largest absolute Gasteiger partial charge is 0.323 e. The summed E-state index contributed by atoms with van der Waals surface area (Å²) in [5.41, 5.74) is 0.484. The van der Waals surface area contributed by atoms with Crippen LogP contribution in [0.3, 0.4) is 0 Å². The number of halogens is 1. The molecule has 1 aromatic rings. The predicted octanol–water partition coefficient (Wildman–Crippen LogP) is 1.15. The third-order valence-corrected chi connectivity index (χ3v) is 3.23. The molecule has 76 valence electrons. The highest BCUT2D eigenvalue weighted by atomic mass is 79.9. The highest BCUT2D eigenvalue weighted by Gasteiger charge is 2.12. The summed E-state index contributed by atoms with van der Waals surface area (Å²) in [6.45, 7) is 0. The Morgan fingerprint density at radius 1 is 1.50 bits per heavy atom. The lowest BCUT2D eigenvalue weighted by Crippen LogP contribution is -2.02. The summed E-state index contributed by atoms with van der Waals surface area (Å²) in [6, 6.07) is 4.88. The van der Waals surface area contributed by atoms with Gasteiger partial charge in [0.05, 0.1) is 11.1 Å². The van der Waals surface area contributed by atoms with Crippen molar-refractivity contribution in [3.8, 4) is 0 Å². The molecule has 0 aliphatic rings. The SMILES string of the molecule is CS(=O)(=O)c1cc(Br)ccc1C=NN. The van der Waals surface area contributed by atoms with E-state index in [1.165, 1.54) is 12.3 Å². The van der Waals surface area contributed by atoms with Crippen LogP contribution >= 0.6 is 15.9 Å². The molecule has 0 spiro atoms. The Kier molecular flexibility index (Phi) is 3.28. The topological polar surface area (TPSA) is 72.5 Å². The van der Waals surface area contributed by atoms with Crippen molar-refractivity contribution in [2.24, 2.45) is 10.9 Å². The number of rotatable bonds is 2. The second kappa shape index (κ2) is 4.10. The van der Waals surface area contributed by atoms with E-state index in [1.54, 1.807) is 12.1 Å². The molecule has 0 atom stereocenters. The number of nitrogens with two attached hydrogens (primary N) is 1. The number of benzene rings is 1. The molecular weight excluding hydrogens is 268 g/mol. The fraction of sp³-hybridized carbons (Fsp3) is 0.125. The van der Waals surface area contributed by atoms with Gasteiger partial charge in [-0.2, -0.15) is 5.10 Å². The summed E-state index contributed by atoms with van der Waals surface area (Å²) in [7, 11) is -3.25. The van der Waals surface area contributed by atoms with Gasteiger partial charge in [0.1, 0.15) is 0 Å². The van der Waals surface area contributed by atoms with Crippen molar-refractivity contribution in [1.82, 2.24) is 0 Å². The van der Waals surface area contributed by atoms with Gasteiger partial charge in [-0.25, -0.2) is 8.42 Å². The minimum atomic E-state index is -3.25. The van der Waals surface area contributed by atoms with Crippen molar-refractivity contribution >= 4 is 32.0 Å². The lowest BCUT2D eigenvalue weighted by atomic mass is 10.2. The smallest absolute Gasteiger partial charge is 0.176 e. The molecule has 1 aromatic carbocycles. The zero-order chi connectivity index (χ0) is 10.8. The van der Waals surface area contributed by atoms with E-state index in [-0.39, 0.29) is 4.90 Å². The average molecular weight is 277 g/mol. The molecule has 0 unspecified atom stereocenters. The van der Waals surface area contributed by atoms with Gasteiger partial charge in [-0.15, -0.1) is 0 Å². The van der Waals surface area contributed by atoms with Crippen LogP contribution in [-0.2, 0) is 9.84 Å². The van der Waals surface area contributed by atoms with Crippen LogP contribution in [0.1, 0.15) is 5.56 Å².